The Morgan fingerprint density at radius 3 is 2.93 bits per heavy atom. The van der Waals surface area contributed by atoms with Crippen molar-refractivity contribution >= 4 is 5.69 Å². The summed E-state index contributed by atoms with van der Waals surface area (Å²) in [6.45, 7) is -0.329. The zero-order valence-electron chi connectivity index (χ0n) is 7.56. The largest absolute Gasteiger partial charge is 0.508 e. The molecule has 0 unspecified atom stereocenters. The standard InChI is InChI=1S/C10H11F2NO/c11-10(12)4-3-7-5-8(14)1-2-9(7)13-6-10/h1-2,5,13-14H,3-4,6H2. The minimum Gasteiger partial charge on any atom is -0.508 e. The van der Waals surface area contributed by atoms with Crippen LogP contribution in [0, 0.1) is 0 Å². The van der Waals surface area contributed by atoms with Gasteiger partial charge < -0.3 is 10.4 Å². The molecule has 0 saturated carbocycles. The molecule has 4 heteroatoms. The van der Waals surface area contributed by atoms with E-state index >= 15 is 0 Å². The molecule has 2 nitrogen and oxygen atoms in total. The molecule has 0 bridgehead atoms. The summed E-state index contributed by atoms with van der Waals surface area (Å²) in [4.78, 5) is 0. The molecule has 0 fully saturated rings. The Morgan fingerprint density at radius 2 is 2.14 bits per heavy atom. The van der Waals surface area contributed by atoms with Crippen molar-refractivity contribution in [2.45, 2.75) is 18.8 Å². The second kappa shape index (κ2) is 3.12. The molecular formula is C10H11F2NO. The summed E-state index contributed by atoms with van der Waals surface area (Å²) in [5.74, 6) is -2.54. The summed E-state index contributed by atoms with van der Waals surface area (Å²) in [5, 5.41) is 11.9. The number of fused-ring (bicyclic) bond motifs is 1. The molecule has 2 N–H and O–H groups in total. The average molecular weight is 199 g/mol. The van der Waals surface area contributed by atoms with Gasteiger partial charge in [-0.3, -0.25) is 0 Å². The van der Waals surface area contributed by atoms with Crippen LogP contribution in [-0.2, 0) is 6.42 Å². The lowest BCUT2D eigenvalue weighted by Gasteiger charge is -2.12. The summed E-state index contributed by atoms with van der Waals surface area (Å²) < 4.78 is 26.0. The molecule has 1 aliphatic heterocycles. The van der Waals surface area contributed by atoms with Gasteiger partial charge in [-0.2, -0.15) is 0 Å². The lowest BCUT2D eigenvalue weighted by atomic mass is 10.1. The van der Waals surface area contributed by atoms with E-state index < -0.39 is 5.92 Å². The fourth-order valence-corrected chi connectivity index (χ4v) is 1.59. The first-order valence-electron chi connectivity index (χ1n) is 4.50. The van der Waals surface area contributed by atoms with Gasteiger partial charge in [-0.1, -0.05) is 0 Å². The van der Waals surface area contributed by atoms with E-state index in [1.54, 1.807) is 6.07 Å². The van der Waals surface area contributed by atoms with Gasteiger partial charge in [-0.25, -0.2) is 8.78 Å². The average Bonchev–Trinajstić information content (AvgIpc) is 2.26. The van der Waals surface area contributed by atoms with E-state index in [4.69, 9.17) is 0 Å². The predicted molar refractivity (Wildman–Crippen MR) is 49.9 cm³/mol. The van der Waals surface area contributed by atoms with E-state index in [0.29, 0.717) is 12.1 Å². The van der Waals surface area contributed by atoms with Gasteiger partial charge in [0.25, 0.3) is 5.92 Å². The summed E-state index contributed by atoms with van der Waals surface area (Å²) in [6, 6.07) is 4.66. The Bertz CT molecular complexity index is 352. The van der Waals surface area contributed by atoms with Gasteiger partial charge in [0.05, 0.1) is 6.54 Å². The van der Waals surface area contributed by atoms with Crippen LogP contribution in [0.4, 0.5) is 14.5 Å². The van der Waals surface area contributed by atoms with Crippen LogP contribution in [0.15, 0.2) is 18.2 Å². The molecular weight excluding hydrogens is 188 g/mol. The third-order valence-electron chi connectivity index (χ3n) is 2.39. The lowest BCUT2D eigenvalue weighted by Crippen LogP contribution is -2.25. The molecule has 1 aromatic rings. The van der Waals surface area contributed by atoms with Crippen molar-refractivity contribution in [1.82, 2.24) is 0 Å². The Kier molecular flexibility index (Phi) is 2.06. The van der Waals surface area contributed by atoms with Gasteiger partial charge >= 0.3 is 0 Å². The number of benzene rings is 1. The number of aryl methyl sites for hydroxylation is 1. The van der Waals surface area contributed by atoms with E-state index in [2.05, 4.69) is 5.32 Å². The van der Waals surface area contributed by atoms with Crippen LogP contribution < -0.4 is 5.32 Å². The minimum atomic E-state index is -2.66. The van der Waals surface area contributed by atoms with E-state index in [1.165, 1.54) is 12.1 Å². The van der Waals surface area contributed by atoms with Gasteiger partial charge in [0.1, 0.15) is 5.75 Å². The van der Waals surface area contributed by atoms with Crippen molar-refractivity contribution in [2.24, 2.45) is 0 Å². The minimum absolute atomic E-state index is 0.121. The van der Waals surface area contributed by atoms with Crippen molar-refractivity contribution in [3.8, 4) is 5.75 Å². The van der Waals surface area contributed by atoms with Crippen molar-refractivity contribution in [3.63, 3.8) is 0 Å². The van der Waals surface area contributed by atoms with E-state index in [0.717, 1.165) is 5.56 Å². The molecule has 0 spiro atoms. The van der Waals surface area contributed by atoms with E-state index in [9.17, 15) is 13.9 Å². The fraction of sp³-hybridized carbons (Fsp3) is 0.400. The quantitative estimate of drug-likeness (QED) is 0.629. The van der Waals surface area contributed by atoms with Gasteiger partial charge in [-0.05, 0) is 30.2 Å². The van der Waals surface area contributed by atoms with E-state index in [1.807, 2.05) is 0 Å². The highest BCUT2D eigenvalue weighted by atomic mass is 19.3. The number of aromatic hydroxyl groups is 1. The predicted octanol–water partition coefficient (Wildman–Crippen LogP) is 2.39. The maximum atomic E-state index is 13.0. The molecule has 1 aromatic carbocycles. The van der Waals surface area contributed by atoms with Crippen LogP contribution in [0.3, 0.4) is 0 Å². The number of hydrogen-bond donors (Lipinski definition) is 2. The molecule has 14 heavy (non-hydrogen) atoms. The molecule has 0 aliphatic carbocycles. The summed E-state index contributed by atoms with van der Waals surface area (Å²) in [6.07, 6.45) is 0.125. The van der Waals surface area contributed by atoms with Crippen LogP contribution in [0.1, 0.15) is 12.0 Å². The maximum absolute atomic E-state index is 13.0. The number of rotatable bonds is 0. The second-order valence-corrected chi connectivity index (χ2v) is 3.55. The third-order valence-corrected chi connectivity index (χ3v) is 2.39. The summed E-state index contributed by atoms with van der Waals surface area (Å²) >= 11 is 0. The summed E-state index contributed by atoms with van der Waals surface area (Å²) in [7, 11) is 0. The Balaban J connectivity index is 2.30. The fourth-order valence-electron chi connectivity index (χ4n) is 1.59. The molecule has 1 aliphatic rings. The van der Waals surface area contributed by atoms with Gasteiger partial charge in [0, 0.05) is 12.1 Å². The van der Waals surface area contributed by atoms with Crippen molar-refractivity contribution in [1.29, 1.82) is 0 Å². The van der Waals surface area contributed by atoms with Gasteiger partial charge in [-0.15, -0.1) is 0 Å². The van der Waals surface area contributed by atoms with Crippen molar-refractivity contribution in [2.75, 3.05) is 11.9 Å². The number of phenolic OH excluding ortho intramolecular Hbond substituents is 1. The molecule has 1 heterocycles. The third kappa shape index (κ3) is 1.78. The molecule has 0 saturated heterocycles. The van der Waals surface area contributed by atoms with Crippen molar-refractivity contribution < 1.29 is 13.9 Å². The first-order chi connectivity index (χ1) is 6.57. The number of anilines is 1. The van der Waals surface area contributed by atoms with Crippen LogP contribution >= 0.6 is 0 Å². The van der Waals surface area contributed by atoms with E-state index in [-0.39, 0.29) is 18.7 Å². The Labute approximate surface area is 80.6 Å². The molecule has 76 valence electrons. The highest BCUT2D eigenvalue weighted by molar-refractivity contribution is 5.55. The molecule has 0 atom stereocenters. The molecule has 0 aromatic heterocycles. The van der Waals surface area contributed by atoms with Crippen LogP contribution in [0.25, 0.3) is 0 Å². The number of halogens is 2. The number of nitrogens with one attached hydrogen (secondary N) is 1. The summed E-state index contributed by atoms with van der Waals surface area (Å²) in [5.41, 5.74) is 1.45. The first-order valence-corrected chi connectivity index (χ1v) is 4.50. The second-order valence-electron chi connectivity index (χ2n) is 3.55. The molecule has 2 rings (SSSR count). The zero-order valence-corrected chi connectivity index (χ0v) is 7.56. The van der Waals surface area contributed by atoms with Gasteiger partial charge in [0.15, 0.2) is 0 Å². The number of hydrogen-bond acceptors (Lipinski definition) is 2. The smallest absolute Gasteiger partial charge is 0.265 e. The number of phenols is 1. The molecule has 0 amide bonds. The SMILES string of the molecule is Oc1ccc2c(c1)CCC(F)(F)CN2. The van der Waals surface area contributed by atoms with Crippen LogP contribution in [-0.4, -0.2) is 17.6 Å². The van der Waals surface area contributed by atoms with Crippen LogP contribution in [0.2, 0.25) is 0 Å². The van der Waals surface area contributed by atoms with Crippen molar-refractivity contribution in [3.05, 3.63) is 23.8 Å². The Hall–Kier alpha value is -1.32. The number of alkyl halides is 2. The maximum Gasteiger partial charge on any atom is 0.265 e. The Morgan fingerprint density at radius 1 is 1.36 bits per heavy atom. The molecule has 0 radical (unpaired) electrons. The first kappa shape index (κ1) is 9.24. The highest BCUT2D eigenvalue weighted by Crippen LogP contribution is 2.30. The highest BCUT2D eigenvalue weighted by Gasteiger charge is 2.31. The van der Waals surface area contributed by atoms with Crippen LogP contribution in [0.5, 0.6) is 5.75 Å². The zero-order chi connectivity index (χ0) is 10.2. The van der Waals surface area contributed by atoms with Gasteiger partial charge in [0.2, 0.25) is 0 Å². The topological polar surface area (TPSA) is 32.3 Å². The monoisotopic (exact) mass is 199 g/mol. The normalized spacial score (nSPS) is 19.3. The lowest BCUT2D eigenvalue weighted by molar-refractivity contribution is 0.00841.